The van der Waals surface area contributed by atoms with Gasteiger partial charge in [0.05, 0.1) is 57.8 Å². The summed E-state index contributed by atoms with van der Waals surface area (Å²) in [7, 11) is 3.09. The SMILES string of the molecule is CCC[NH+]1CC=C2C(C#N)C(=N)C(C#N)(C#N)[C@@H](c3ccc(OC)c(OC)c3)[C@@H]2C1. The van der Waals surface area contributed by atoms with Crippen LogP contribution in [0.2, 0.25) is 0 Å². The van der Waals surface area contributed by atoms with Crippen LogP contribution in [0.3, 0.4) is 0 Å². The summed E-state index contributed by atoms with van der Waals surface area (Å²) >= 11 is 0. The van der Waals surface area contributed by atoms with E-state index in [1.807, 2.05) is 12.1 Å². The van der Waals surface area contributed by atoms with Gasteiger partial charge in [0.25, 0.3) is 0 Å². The molecule has 4 atom stereocenters. The van der Waals surface area contributed by atoms with Crippen molar-refractivity contribution in [1.82, 2.24) is 0 Å². The van der Waals surface area contributed by atoms with Gasteiger partial charge < -0.3 is 19.8 Å². The second kappa shape index (κ2) is 8.57. The summed E-state index contributed by atoms with van der Waals surface area (Å²) in [6.45, 7) is 4.60. The van der Waals surface area contributed by atoms with Crippen molar-refractivity contribution in [3.05, 3.63) is 35.4 Å². The molecule has 0 radical (unpaired) electrons. The molecule has 2 N–H and O–H groups in total. The zero-order valence-corrected chi connectivity index (χ0v) is 17.5. The molecule has 2 unspecified atom stereocenters. The lowest BCUT2D eigenvalue weighted by atomic mass is 9.54. The molecule has 1 saturated carbocycles. The molecule has 1 aromatic rings. The molecule has 0 spiro atoms. The highest BCUT2D eigenvalue weighted by Gasteiger charge is 2.58. The smallest absolute Gasteiger partial charge is 0.189 e. The average molecular weight is 404 g/mol. The lowest BCUT2D eigenvalue weighted by Gasteiger charge is -2.46. The Morgan fingerprint density at radius 2 is 1.87 bits per heavy atom. The molecule has 0 amide bonds. The van der Waals surface area contributed by atoms with Crippen LogP contribution in [-0.4, -0.2) is 39.6 Å². The molecule has 1 aromatic carbocycles. The summed E-state index contributed by atoms with van der Waals surface area (Å²) in [6.07, 6.45) is 3.07. The minimum atomic E-state index is -1.71. The lowest BCUT2D eigenvalue weighted by Crippen LogP contribution is -3.13. The van der Waals surface area contributed by atoms with Gasteiger partial charge in [-0.1, -0.05) is 13.0 Å². The largest absolute Gasteiger partial charge is 0.493 e. The van der Waals surface area contributed by atoms with Crippen LogP contribution in [-0.2, 0) is 0 Å². The van der Waals surface area contributed by atoms with E-state index in [4.69, 9.17) is 14.9 Å². The first-order valence-corrected chi connectivity index (χ1v) is 10.1. The molecule has 1 aliphatic heterocycles. The van der Waals surface area contributed by atoms with E-state index < -0.39 is 17.3 Å². The predicted molar refractivity (Wildman–Crippen MR) is 110 cm³/mol. The van der Waals surface area contributed by atoms with E-state index in [1.54, 1.807) is 19.2 Å². The third-order valence-corrected chi connectivity index (χ3v) is 6.33. The van der Waals surface area contributed by atoms with Crippen molar-refractivity contribution in [2.45, 2.75) is 19.3 Å². The molecule has 1 heterocycles. The van der Waals surface area contributed by atoms with Gasteiger partial charge in [0.2, 0.25) is 0 Å². The zero-order valence-electron chi connectivity index (χ0n) is 17.5. The number of rotatable bonds is 5. The number of benzene rings is 1. The fourth-order valence-corrected chi connectivity index (χ4v) is 4.94. The summed E-state index contributed by atoms with van der Waals surface area (Å²) in [5, 5.41) is 38.8. The minimum absolute atomic E-state index is 0.128. The zero-order chi connectivity index (χ0) is 21.9. The normalized spacial score (nSPS) is 26.9. The molecule has 0 bridgehead atoms. The standard InChI is InChI=1S/C23H25N5O2/c1-4-8-28-9-7-16-17(11-24)22(27)23(13-25,14-26)21(18(16)12-28)15-5-6-19(29-2)20(10-15)30-3/h5-7,10,17-18,21,27H,4,8-9,12H2,1-3H3/p+1/t17?,18-,21+/m1/s1. The number of nitrogens with one attached hydrogen (secondary N) is 2. The van der Waals surface area contributed by atoms with E-state index in [2.05, 4.69) is 25.1 Å². The van der Waals surface area contributed by atoms with E-state index in [-0.39, 0.29) is 11.6 Å². The molecular weight excluding hydrogens is 378 g/mol. The van der Waals surface area contributed by atoms with Gasteiger partial charge in [-0.2, -0.15) is 15.8 Å². The Labute approximate surface area is 177 Å². The van der Waals surface area contributed by atoms with E-state index in [0.717, 1.165) is 37.2 Å². The highest BCUT2D eigenvalue weighted by Crippen LogP contribution is 2.53. The second-order valence-electron chi connectivity index (χ2n) is 7.82. The predicted octanol–water partition coefficient (Wildman–Crippen LogP) is 1.85. The van der Waals surface area contributed by atoms with Crippen LogP contribution in [0.1, 0.15) is 24.8 Å². The number of fused-ring (bicyclic) bond motifs is 1. The van der Waals surface area contributed by atoms with E-state index in [1.165, 1.54) is 12.0 Å². The van der Waals surface area contributed by atoms with Crippen LogP contribution in [0.15, 0.2) is 29.8 Å². The molecule has 3 rings (SSSR count). The Morgan fingerprint density at radius 1 is 1.17 bits per heavy atom. The highest BCUT2D eigenvalue weighted by atomic mass is 16.5. The number of ether oxygens (including phenoxy) is 2. The van der Waals surface area contributed by atoms with E-state index >= 15 is 0 Å². The fraction of sp³-hybridized carbons (Fsp3) is 0.478. The van der Waals surface area contributed by atoms with Gasteiger partial charge >= 0.3 is 0 Å². The maximum atomic E-state index is 10.1. The van der Waals surface area contributed by atoms with Crippen molar-refractivity contribution in [1.29, 1.82) is 21.2 Å². The Kier molecular flexibility index (Phi) is 6.11. The summed E-state index contributed by atoms with van der Waals surface area (Å²) < 4.78 is 10.8. The molecule has 1 aliphatic carbocycles. The Hall–Kier alpha value is -3.34. The highest BCUT2D eigenvalue weighted by molar-refractivity contribution is 6.00. The van der Waals surface area contributed by atoms with E-state index in [0.29, 0.717) is 11.5 Å². The van der Waals surface area contributed by atoms with Crippen LogP contribution in [0.5, 0.6) is 11.5 Å². The topological polar surface area (TPSA) is 118 Å². The fourth-order valence-electron chi connectivity index (χ4n) is 4.94. The summed E-state index contributed by atoms with van der Waals surface area (Å²) in [5.74, 6) is -0.528. The van der Waals surface area contributed by atoms with Gasteiger partial charge in [-0.25, -0.2) is 0 Å². The molecule has 1 fully saturated rings. The molecule has 0 saturated heterocycles. The van der Waals surface area contributed by atoms with Gasteiger partial charge in [-0.3, -0.25) is 0 Å². The molecule has 30 heavy (non-hydrogen) atoms. The number of quaternary nitrogens is 1. The molecule has 7 heteroatoms. The number of hydrogen-bond donors (Lipinski definition) is 2. The van der Waals surface area contributed by atoms with Crippen LogP contribution in [0.4, 0.5) is 0 Å². The van der Waals surface area contributed by atoms with E-state index in [9.17, 15) is 15.8 Å². The van der Waals surface area contributed by atoms with Gasteiger partial charge in [-0.15, -0.1) is 0 Å². The van der Waals surface area contributed by atoms with Gasteiger partial charge in [0.1, 0.15) is 5.92 Å². The molecule has 154 valence electrons. The average Bonchev–Trinajstić information content (AvgIpc) is 2.78. The maximum absolute atomic E-state index is 10.1. The van der Waals surface area contributed by atoms with Crippen molar-refractivity contribution in [2.24, 2.45) is 17.3 Å². The molecule has 0 aromatic heterocycles. The maximum Gasteiger partial charge on any atom is 0.189 e. The first kappa shape index (κ1) is 21.4. The number of nitrogens with zero attached hydrogens (tertiary/aromatic N) is 3. The van der Waals surface area contributed by atoms with Gasteiger partial charge in [0.15, 0.2) is 16.9 Å². The number of nitriles is 3. The summed E-state index contributed by atoms with van der Waals surface area (Å²) in [5.41, 5.74) is -0.235. The third-order valence-electron chi connectivity index (χ3n) is 6.33. The first-order chi connectivity index (χ1) is 14.5. The first-order valence-electron chi connectivity index (χ1n) is 10.1. The van der Waals surface area contributed by atoms with Gasteiger partial charge in [0, 0.05) is 11.8 Å². The quantitative estimate of drug-likeness (QED) is 0.726. The summed E-state index contributed by atoms with van der Waals surface area (Å²) in [6, 6.07) is 11.8. The van der Waals surface area contributed by atoms with Crippen molar-refractivity contribution >= 4 is 5.71 Å². The lowest BCUT2D eigenvalue weighted by molar-refractivity contribution is -0.899. The second-order valence-corrected chi connectivity index (χ2v) is 7.82. The minimum Gasteiger partial charge on any atom is -0.493 e. The third kappa shape index (κ3) is 3.20. The molecule has 2 aliphatic rings. The van der Waals surface area contributed by atoms with Crippen LogP contribution < -0.4 is 14.4 Å². The monoisotopic (exact) mass is 404 g/mol. The van der Waals surface area contributed by atoms with Crippen LogP contribution in [0.25, 0.3) is 0 Å². The Balaban J connectivity index is 2.23. The van der Waals surface area contributed by atoms with Crippen molar-refractivity contribution in [3.8, 4) is 29.7 Å². The van der Waals surface area contributed by atoms with Crippen molar-refractivity contribution in [2.75, 3.05) is 33.9 Å². The number of hydrogen-bond acceptors (Lipinski definition) is 6. The van der Waals surface area contributed by atoms with Crippen molar-refractivity contribution < 1.29 is 14.4 Å². The van der Waals surface area contributed by atoms with Gasteiger partial charge in [-0.05, 0) is 35.8 Å². The summed E-state index contributed by atoms with van der Waals surface area (Å²) in [4.78, 5) is 1.35. The van der Waals surface area contributed by atoms with Crippen molar-refractivity contribution in [3.63, 3.8) is 0 Å². The van der Waals surface area contributed by atoms with Crippen LogP contribution >= 0.6 is 0 Å². The Bertz CT molecular complexity index is 980. The molecular formula is C23H26N5O2+. The molecule has 7 nitrogen and oxygen atoms in total. The van der Waals surface area contributed by atoms with Crippen LogP contribution in [0, 0.1) is 56.7 Å². The Morgan fingerprint density at radius 3 is 2.43 bits per heavy atom. The number of methoxy groups -OCH3 is 2.